The minimum absolute atomic E-state index is 0.321. The highest BCUT2D eigenvalue weighted by atomic mass is 16.5. The first-order chi connectivity index (χ1) is 12.9. The number of hydrogen-bond donors (Lipinski definition) is 0. The minimum Gasteiger partial charge on any atom is -0.493 e. The van der Waals surface area contributed by atoms with E-state index in [1.54, 1.807) is 13.3 Å². The van der Waals surface area contributed by atoms with Crippen molar-refractivity contribution in [2.75, 3.05) is 7.11 Å². The molecular weight excluding hydrogens is 336 g/mol. The van der Waals surface area contributed by atoms with Crippen LogP contribution in [-0.2, 0) is 6.42 Å². The van der Waals surface area contributed by atoms with E-state index in [-0.39, 0.29) is 11.5 Å². The minimum atomic E-state index is -0.372. The topological polar surface area (TPSA) is 54.6 Å². The predicted molar refractivity (Wildman–Crippen MR) is 109 cm³/mol. The van der Waals surface area contributed by atoms with Gasteiger partial charge in [0.1, 0.15) is 5.60 Å². The number of benzene rings is 2. The van der Waals surface area contributed by atoms with Gasteiger partial charge in [-0.15, -0.1) is 0 Å². The molecule has 1 atom stereocenters. The summed E-state index contributed by atoms with van der Waals surface area (Å²) >= 11 is 0. The van der Waals surface area contributed by atoms with E-state index in [4.69, 9.17) is 9.47 Å². The standard InChI is InChI=1S/C23H24N2O2/c1-16-13-23(2,3)27-22-20(16)11-17(12-21(22)26-4)10-18(14-24)15-25-19-8-6-5-7-9-19/h5-9,11-13,15,18H,10H2,1-4H3. The van der Waals surface area contributed by atoms with Crippen molar-refractivity contribution in [3.63, 3.8) is 0 Å². The van der Waals surface area contributed by atoms with Crippen LogP contribution in [0.25, 0.3) is 5.57 Å². The monoisotopic (exact) mass is 360 g/mol. The molecule has 0 fully saturated rings. The van der Waals surface area contributed by atoms with Crippen LogP contribution in [0.4, 0.5) is 5.69 Å². The Kier molecular flexibility index (Phi) is 5.32. The third kappa shape index (κ3) is 4.38. The van der Waals surface area contributed by atoms with Crippen molar-refractivity contribution in [3.05, 3.63) is 59.7 Å². The molecule has 4 heteroatoms. The number of methoxy groups -OCH3 is 1. The molecule has 0 N–H and O–H groups in total. The molecule has 1 aliphatic rings. The molecule has 0 saturated carbocycles. The van der Waals surface area contributed by atoms with Crippen LogP contribution >= 0.6 is 0 Å². The van der Waals surface area contributed by atoms with Gasteiger partial charge in [-0.05, 0) is 68.7 Å². The van der Waals surface area contributed by atoms with E-state index in [2.05, 4.69) is 30.1 Å². The van der Waals surface area contributed by atoms with Gasteiger partial charge in [0, 0.05) is 11.8 Å². The van der Waals surface area contributed by atoms with Crippen molar-refractivity contribution in [2.45, 2.75) is 32.8 Å². The van der Waals surface area contributed by atoms with Gasteiger partial charge in [-0.1, -0.05) is 18.2 Å². The lowest BCUT2D eigenvalue weighted by Gasteiger charge is -2.31. The fourth-order valence-electron chi connectivity index (χ4n) is 3.29. The van der Waals surface area contributed by atoms with E-state index < -0.39 is 0 Å². The highest BCUT2D eigenvalue weighted by molar-refractivity contribution is 5.76. The molecule has 0 saturated heterocycles. The van der Waals surface area contributed by atoms with Gasteiger partial charge in [0.05, 0.1) is 24.8 Å². The van der Waals surface area contributed by atoms with Gasteiger partial charge in [0.15, 0.2) is 11.5 Å². The number of hydrogen-bond acceptors (Lipinski definition) is 4. The fourth-order valence-corrected chi connectivity index (χ4v) is 3.29. The summed E-state index contributed by atoms with van der Waals surface area (Å²) in [6, 6.07) is 16.0. The van der Waals surface area contributed by atoms with Gasteiger partial charge in [0.25, 0.3) is 0 Å². The highest BCUT2D eigenvalue weighted by Gasteiger charge is 2.28. The van der Waals surface area contributed by atoms with Crippen LogP contribution in [0.15, 0.2) is 53.5 Å². The molecule has 27 heavy (non-hydrogen) atoms. The Bertz CT molecular complexity index is 921. The molecular formula is C23H24N2O2. The number of nitrogens with zero attached hydrogens (tertiary/aromatic N) is 2. The molecule has 1 aliphatic heterocycles. The van der Waals surface area contributed by atoms with Gasteiger partial charge in [-0.25, -0.2) is 0 Å². The summed E-state index contributed by atoms with van der Waals surface area (Å²) in [4.78, 5) is 4.42. The van der Waals surface area contributed by atoms with Crippen molar-refractivity contribution in [3.8, 4) is 17.6 Å². The molecule has 0 aliphatic carbocycles. The van der Waals surface area contributed by atoms with Crippen LogP contribution in [0.3, 0.4) is 0 Å². The van der Waals surface area contributed by atoms with Gasteiger partial charge < -0.3 is 9.47 Å². The van der Waals surface area contributed by atoms with Crippen molar-refractivity contribution >= 4 is 17.5 Å². The molecule has 1 heterocycles. The second kappa shape index (κ2) is 7.67. The van der Waals surface area contributed by atoms with E-state index >= 15 is 0 Å². The van der Waals surface area contributed by atoms with Crippen LogP contribution in [0.5, 0.6) is 11.5 Å². The van der Waals surface area contributed by atoms with Crippen LogP contribution in [-0.4, -0.2) is 18.9 Å². The van der Waals surface area contributed by atoms with Crippen LogP contribution in [0, 0.1) is 17.2 Å². The molecule has 138 valence electrons. The Labute approximate surface area is 160 Å². The molecule has 2 aromatic rings. The molecule has 0 bridgehead atoms. The largest absolute Gasteiger partial charge is 0.493 e. The van der Waals surface area contributed by atoms with Gasteiger partial charge in [-0.3, -0.25) is 4.99 Å². The molecule has 4 nitrogen and oxygen atoms in total. The average Bonchev–Trinajstić information content (AvgIpc) is 2.65. The zero-order chi connectivity index (χ0) is 19.4. The number of aliphatic imine (C=N–C) groups is 1. The molecule has 0 aromatic heterocycles. The summed E-state index contributed by atoms with van der Waals surface area (Å²) < 4.78 is 11.7. The summed E-state index contributed by atoms with van der Waals surface area (Å²) in [5, 5.41) is 9.54. The van der Waals surface area contributed by atoms with E-state index in [1.165, 1.54) is 0 Å². The van der Waals surface area contributed by atoms with Crippen molar-refractivity contribution < 1.29 is 9.47 Å². The van der Waals surface area contributed by atoms with Crippen molar-refractivity contribution in [1.29, 1.82) is 5.26 Å². The fraction of sp³-hybridized carbons (Fsp3) is 0.304. The number of allylic oxidation sites excluding steroid dienone is 1. The van der Waals surface area contributed by atoms with E-state index in [0.29, 0.717) is 12.2 Å². The lowest BCUT2D eigenvalue weighted by molar-refractivity contribution is 0.151. The Morgan fingerprint density at radius 1 is 1.26 bits per heavy atom. The van der Waals surface area contributed by atoms with Gasteiger partial charge >= 0.3 is 0 Å². The summed E-state index contributed by atoms with van der Waals surface area (Å²) in [6.07, 6.45) is 4.38. The van der Waals surface area contributed by atoms with Gasteiger partial charge in [0.2, 0.25) is 0 Å². The smallest absolute Gasteiger partial charge is 0.169 e. The maximum absolute atomic E-state index is 9.54. The van der Waals surface area contributed by atoms with Crippen LogP contribution in [0.2, 0.25) is 0 Å². The third-order valence-corrected chi connectivity index (χ3v) is 4.47. The Morgan fingerprint density at radius 3 is 2.67 bits per heavy atom. The zero-order valence-electron chi connectivity index (χ0n) is 16.2. The molecule has 0 radical (unpaired) electrons. The van der Waals surface area contributed by atoms with E-state index in [9.17, 15) is 5.26 Å². The first kappa shape index (κ1) is 18.7. The normalized spacial score (nSPS) is 16.0. The molecule has 0 amide bonds. The second-order valence-electron chi connectivity index (χ2n) is 7.26. The van der Waals surface area contributed by atoms with E-state index in [0.717, 1.165) is 28.1 Å². The van der Waals surface area contributed by atoms with Crippen molar-refractivity contribution in [2.24, 2.45) is 10.9 Å². The lowest BCUT2D eigenvalue weighted by Crippen LogP contribution is -2.29. The quantitative estimate of drug-likeness (QED) is 0.675. The number of nitriles is 1. The summed E-state index contributed by atoms with van der Waals surface area (Å²) in [5.74, 6) is 1.13. The molecule has 2 aromatic carbocycles. The molecule has 1 unspecified atom stereocenters. The Morgan fingerprint density at radius 2 is 2.00 bits per heavy atom. The number of para-hydroxylation sites is 1. The number of ether oxygens (including phenoxy) is 2. The maximum Gasteiger partial charge on any atom is 0.169 e. The van der Waals surface area contributed by atoms with Gasteiger partial charge in [-0.2, -0.15) is 5.26 Å². The summed E-state index contributed by atoms with van der Waals surface area (Å²) in [5.41, 5.74) is 3.65. The zero-order valence-corrected chi connectivity index (χ0v) is 16.2. The first-order valence-corrected chi connectivity index (χ1v) is 9.00. The molecule has 0 spiro atoms. The second-order valence-corrected chi connectivity index (χ2v) is 7.26. The van der Waals surface area contributed by atoms with E-state index in [1.807, 2.05) is 50.2 Å². The summed E-state index contributed by atoms with van der Waals surface area (Å²) in [7, 11) is 1.64. The SMILES string of the molecule is COc1cc(CC(C#N)C=Nc2ccccc2)cc2c1OC(C)(C)C=C2C. The Balaban J connectivity index is 1.88. The van der Waals surface area contributed by atoms with Crippen LogP contribution < -0.4 is 9.47 Å². The lowest BCUT2D eigenvalue weighted by atomic mass is 9.92. The summed E-state index contributed by atoms with van der Waals surface area (Å²) in [6.45, 7) is 6.13. The average molecular weight is 360 g/mol. The third-order valence-electron chi connectivity index (χ3n) is 4.47. The maximum atomic E-state index is 9.54. The number of rotatable bonds is 5. The first-order valence-electron chi connectivity index (χ1n) is 9.00. The number of fused-ring (bicyclic) bond motifs is 1. The van der Waals surface area contributed by atoms with Crippen molar-refractivity contribution in [1.82, 2.24) is 0 Å². The Hall–Kier alpha value is -3.06. The predicted octanol–water partition coefficient (Wildman–Crippen LogP) is 5.35. The highest BCUT2D eigenvalue weighted by Crippen LogP contribution is 2.43. The molecule has 3 rings (SSSR count). The van der Waals surface area contributed by atoms with Crippen LogP contribution in [0.1, 0.15) is 31.9 Å².